The molecule has 1 aliphatic carbocycles. The first kappa shape index (κ1) is 17.4. The van der Waals surface area contributed by atoms with E-state index < -0.39 is 12.1 Å². The van der Waals surface area contributed by atoms with Gasteiger partial charge in [-0.2, -0.15) is 5.10 Å². The van der Waals surface area contributed by atoms with Gasteiger partial charge in [-0.25, -0.2) is 0 Å². The largest absolute Gasteiger partial charge is 0.356 e. The van der Waals surface area contributed by atoms with Gasteiger partial charge in [0.15, 0.2) is 6.10 Å². The van der Waals surface area contributed by atoms with Crippen molar-refractivity contribution < 1.29 is 14.3 Å². The van der Waals surface area contributed by atoms with Crippen LogP contribution in [0.1, 0.15) is 47.3 Å². The maximum Gasteiger partial charge on any atom is 0.254 e. The molecular weight excluding hydrogens is 356 g/mol. The van der Waals surface area contributed by atoms with Crippen molar-refractivity contribution in [3.8, 4) is 0 Å². The van der Waals surface area contributed by atoms with E-state index in [1.54, 1.807) is 0 Å². The summed E-state index contributed by atoms with van der Waals surface area (Å²) in [5.41, 5.74) is 4.55. The molecule has 146 valence electrons. The highest BCUT2D eigenvalue weighted by Crippen LogP contribution is 2.41. The Balaban J connectivity index is 1.34. The van der Waals surface area contributed by atoms with Gasteiger partial charge in [0.2, 0.25) is 5.91 Å². The van der Waals surface area contributed by atoms with Gasteiger partial charge in [0.05, 0.1) is 11.7 Å². The summed E-state index contributed by atoms with van der Waals surface area (Å²) in [4.78, 5) is 27.1. The van der Waals surface area contributed by atoms with Crippen LogP contribution in [0.5, 0.6) is 0 Å². The van der Waals surface area contributed by atoms with Crippen LogP contribution in [0.2, 0.25) is 0 Å². The number of ether oxygens (including phenoxy) is 1. The topological polar surface area (TPSA) is 87.3 Å². The molecule has 1 saturated carbocycles. The van der Waals surface area contributed by atoms with Crippen LogP contribution in [0.4, 0.5) is 0 Å². The average Bonchev–Trinajstić information content (AvgIpc) is 3.52. The van der Waals surface area contributed by atoms with E-state index in [1.165, 1.54) is 24.1 Å². The van der Waals surface area contributed by atoms with Crippen LogP contribution in [-0.2, 0) is 27.2 Å². The van der Waals surface area contributed by atoms with E-state index in [-0.39, 0.29) is 18.4 Å². The second-order valence-corrected chi connectivity index (χ2v) is 7.85. The zero-order valence-electron chi connectivity index (χ0n) is 15.7. The van der Waals surface area contributed by atoms with Crippen molar-refractivity contribution in [3.05, 3.63) is 52.8 Å². The summed E-state index contributed by atoms with van der Waals surface area (Å²) < 4.78 is 5.72. The lowest BCUT2D eigenvalue weighted by atomic mass is 9.98. The third-order valence-electron chi connectivity index (χ3n) is 5.94. The third kappa shape index (κ3) is 3.20. The van der Waals surface area contributed by atoms with Crippen molar-refractivity contribution in [2.75, 3.05) is 19.7 Å². The number of H-pyrrole nitrogens is 1. The summed E-state index contributed by atoms with van der Waals surface area (Å²) >= 11 is 0. The molecule has 7 heteroatoms. The highest BCUT2D eigenvalue weighted by molar-refractivity contribution is 5.86. The molecule has 0 radical (unpaired) electrons. The van der Waals surface area contributed by atoms with Crippen LogP contribution in [0.15, 0.2) is 30.3 Å². The lowest BCUT2D eigenvalue weighted by Gasteiger charge is -2.35. The molecule has 0 unspecified atom stereocenters. The van der Waals surface area contributed by atoms with Crippen LogP contribution in [0, 0.1) is 0 Å². The Morgan fingerprint density at radius 2 is 1.93 bits per heavy atom. The lowest BCUT2D eigenvalue weighted by Crippen LogP contribution is -2.53. The molecule has 2 fully saturated rings. The number of aromatic nitrogens is 2. The average molecular weight is 380 g/mol. The smallest absolute Gasteiger partial charge is 0.254 e. The fourth-order valence-electron chi connectivity index (χ4n) is 4.29. The number of rotatable bonds is 3. The molecule has 1 saturated heterocycles. The van der Waals surface area contributed by atoms with Gasteiger partial charge in [0.25, 0.3) is 5.91 Å². The predicted octanol–water partition coefficient (Wildman–Crippen LogP) is 1.47. The number of benzene rings is 1. The fraction of sp³-hybridized carbons (Fsp3) is 0.476. The maximum absolute atomic E-state index is 13.3. The molecule has 3 heterocycles. The lowest BCUT2D eigenvalue weighted by molar-refractivity contribution is -0.155. The van der Waals surface area contributed by atoms with E-state index in [0.717, 1.165) is 24.1 Å². The van der Waals surface area contributed by atoms with Crippen LogP contribution in [0.3, 0.4) is 0 Å². The minimum absolute atomic E-state index is 0.0556. The van der Waals surface area contributed by atoms with E-state index >= 15 is 0 Å². The number of aromatic amines is 1. The summed E-state index contributed by atoms with van der Waals surface area (Å²) in [5.74, 6) is 0.352. The van der Waals surface area contributed by atoms with Crippen molar-refractivity contribution in [1.82, 2.24) is 20.4 Å². The van der Waals surface area contributed by atoms with Crippen LogP contribution >= 0.6 is 0 Å². The van der Waals surface area contributed by atoms with Gasteiger partial charge in [-0.05, 0) is 30.4 Å². The van der Waals surface area contributed by atoms with Crippen LogP contribution < -0.4 is 5.32 Å². The summed E-state index contributed by atoms with van der Waals surface area (Å²) in [7, 11) is 0. The second kappa shape index (κ2) is 7.05. The first-order chi connectivity index (χ1) is 13.7. The minimum atomic E-state index is -0.697. The van der Waals surface area contributed by atoms with Gasteiger partial charge in [-0.1, -0.05) is 30.3 Å². The Labute approximate surface area is 163 Å². The molecular formula is C21H24N4O3. The highest BCUT2D eigenvalue weighted by atomic mass is 16.5. The maximum atomic E-state index is 13.3. The summed E-state index contributed by atoms with van der Waals surface area (Å²) in [6, 6.07) is 9.10. The number of carbonyl (C=O) groups is 2. The SMILES string of the molecule is O=C1CO[C@H](C(=O)N2CCc3[nH]nc(C4CC4)c3CC2)[C@@H](c2ccccc2)N1. The third-order valence-corrected chi connectivity index (χ3v) is 5.94. The van der Waals surface area contributed by atoms with E-state index in [9.17, 15) is 9.59 Å². The van der Waals surface area contributed by atoms with Gasteiger partial charge in [0.1, 0.15) is 6.61 Å². The van der Waals surface area contributed by atoms with Crippen molar-refractivity contribution in [3.63, 3.8) is 0 Å². The molecule has 0 bridgehead atoms. The Morgan fingerprint density at radius 3 is 2.71 bits per heavy atom. The van der Waals surface area contributed by atoms with E-state index in [0.29, 0.717) is 19.0 Å². The van der Waals surface area contributed by atoms with Gasteiger partial charge < -0.3 is 15.0 Å². The summed E-state index contributed by atoms with van der Waals surface area (Å²) in [5, 5.41) is 10.6. The molecule has 2 aromatic rings. The van der Waals surface area contributed by atoms with E-state index in [4.69, 9.17) is 4.74 Å². The number of nitrogens with zero attached hydrogens (tertiary/aromatic N) is 2. The molecule has 7 nitrogen and oxygen atoms in total. The molecule has 2 atom stereocenters. The highest BCUT2D eigenvalue weighted by Gasteiger charge is 2.39. The Morgan fingerprint density at radius 1 is 1.14 bits per heavy atom. The van der Waals surface area contributed by atoms with Gasteiger partial charge in [-0.15, -0.1) is 0 Å². The molecule has 1 aromatic carbocycles. The Kier molecular flexibility index (Phi) is 4.39. The molecule has 2 aliphatic heterocycles. The predicted molar refractivity (Wildman–Crippen MR) is 102 cm³/mol. The number of nitrogens with one attached hydrogen (secondary N) is 2. The number of morpholine rings is 1. The second-order valence-electron chi connectivity index (χ2n) is 7.85. The number of hydrogen-bond donors (Lipinski definition) is 2. The van der Waals surface area contributed by atoms with E-state index in [2.05, 4.69) is 15.5 Å². The molecule has 2 amide bonds. The van der Waals surface area contributed by atoms with Crippen molar-refractivity contribution in [1.29, 1.82) is 0 Å². The molecule has 0 spiro atoms. The number of fused-ring (bicyclic) bond motifs is 1. The zero-order chi connectivity index (χ0) is 19.1. The van der Waals surface area contributed by atoms with E-state index in [1.807, 2.05) is 35.2 Å². The van der Waals surface area contributed by atoms with Gasteiger partial charge in [-0.3, -0.25) is 14.7 Å². The van der Waals surface area contributed by atoms with Crippen molar-refractivity contribution >= 4 is 11.8 Å². The number of hydrogen-bond acceptors (Lipinski definition) is 4. The molecule has 5 rings (SSSR count). The molecule has 1 aromatic heterocycles. The Hall–Kier alpha value is -2.67. The molecule has 28 heavy (non-hydrogen) atoms. The molecule has 2 N–H and O–H groups in total. The minimum Gasteiger partial charge on any atom is -0.356 e. The van der Waals surface area contributed by atoms with Crippen LogP contribution in [0.25, 0.3) is 0 Å². The quantitative estimate of drug-likeness (QED) is 0.844. The first-order valence-electron chi connectivity index (χ1n) is 10.0. The first-order valence-corrected chi connectivity index (χ1v) is 10.0. The van der Waals surface area contributed by atoms with Gasteiger partial charge >= 0.3 is 0 Å². The van der Waals surface area contributed by atoms with Gasteiger partial charge in [0, 0.05) is 31.1 Å². The Bertz CT molecular complexity index is 890. The van der Waals surface area contributed by atoms with Crippen LogP contribution in [-0.4, -0.2) is 52.7 Å². The molecule has 3 aliphatic rings. The summed E-state index contributed by atoms with van der Waals surface area (Å²) in [6.45, 7) is 1.20. The van der Waals surface area contributed by atoms with Crippen molar-refractivity contribution in [2.45, 2.75) is 43.7 Å². The standard InChI is InChI=1S/C21H24N4O3/c26-17-12-28-20(19(22-17)13-4-2-1-3-5-13)21(27)25-10-8-15-16(9-11-25)23-24-18(15)14-6-7-14/h1-5,14,19-20H,6-12H2,(H,22,26)(H,23,24)/t19-,20+/m1/s1. The number of carbonyl (C=O) groups excluding carboxylic acids is 2. The fourth-order valence-corrected chi connectivity index (χ4v) is 4.29. The number of amides is 2. The summed E-state index contributed by atoms with van der Waals surface area (Å²) in [6.07, 6.45) is 3.33. The zero-order valence-corrected chi connectivity index (χ0v) is 15.7. The normalized spacial score (nSPS) is 25.0. The van der Waals surface area contributed by atoms with Crippen molar-refractivity contribution in [2.24, 2.45) is 0 Å². The monoisotopic (exact) mass is 380 g/mol.